The van der Waals surface area contributed by atoms with Crippen molar-refractivity contribution in [3.05, 3.63) is 35.4 Å². The van der Waals surface area contributed by atoms with E-state index < -0.39 is 20.1 Å². The lowest BCUT2D eigenvalue weighted by molar-refractivity contribution is -0.140. The second kappa shape index (κ2) is 15.4. The fourth-order valence-electron chi connectivity index (χ4n) is 3.93. The third-order valence-corrected chi connectivity index (χ3v) is 7.46. The largest absolute Gasteiger partial charge is 0.480 e. The van der Waals surface area contributed by atoms with Gasteiger partial charge in [0.05, 0.1) is 19.8 Å². The van der Waals surface area contributed by atoms with E-state index in [1.54, 1.807) is 4.90 Å². The number of hydrogen-bond acceptors (Lipinski definition) is 8. The van der Waals surface area contributed by atoms with Gasteiger partial charge in [-0.1, -0.05) is 31.2 Å². The van der Waals surface area contributed by atoms with E-state index in [4.69, 9.17) is 0 Å². The standard InChI is InChI=1S/C23H39N4O6P/c1-2-20-3-5-21(6-4-20)17-34(33)19-27-13-10-25(16-23(31)32)8-7-24(15-22(29)30)9-11-26(18-28)12-14-27/h3-6,28,33H,2,7-19H2,1H3,(H,29,30)(H,31,32). The number of benzene rings is 1. The zero-order chi connectivity index (χ0) is 24.9. The van der Waals surface area contributed by atoms with Crippen LogP contribution in [-0.4, -0.2) is 130 Å². The molecule has 4 N–H and O–H groups in total. The van der Waals surface area contributed by atoms with Gasteiger partial charge in [0.15, 0.2) is 0 Å². The number of carbonyl (C=O) groups is 2. The molecule has 0 saturated carbocycles. The molecule has 1 aromatic rings. The van der Waals surface area contributed by atoms with Gasteiger partial charge in [-0.25, -0.2) is 0 Å². The molecule has 0 bridgehead atoms. The minimum absolute atomic E-state index is 0.116. The lowest BCUT2D eigenvalue weighted by atomic mass is 10.1. The van der Waals surface area contributed by atoms with Crippen LogP contribution in [0.4, 0.5) is 0 Å². The van der Waals surface area contributed by atoms with Gasteiger partial charge in [-0.2, -0.15) is 0 Å². The van der Waals surface area contributed by atoms with E-state index in [0.29, 0.717) is 64.8 Å². The van der Waals surface area contributed by atoms with Crippen molar-refractivity contribution in [2.75, 3.05) is 78.5 Å². The van der Waals surface area contributed by atoms with Crippen LogP contribution in [0.3, 0.4) is 0 Å². The van der Waals surface area contributed by atoms with Crippen LogP contribution in [0.5, 0.6) is 0 Å². The van der Waals surface area contributed by atoms with Crippen LogP contribution in [0.1, 0.15) is 18.1 Å². The summed E-state index contributed by atoms with van der Waals surface area (Å²) in [5, 5.41) is 28.3. The molecule has 1 unspecified atom stereocenters. The molecule has 10 nitrogen and oxygen atoms in total. The average molecular weight is 499 g/mol. The Hall–Kier alpha value is -1.65. The summed E-state index contributed by atoms with van der Waals surface area (Å²) in [5.41, 5.74) is 2.36. The Balaban J connectivity index is 2.03. The van der Waals surface area contributed by atoms with Crippen molar-refractivity contribution in [3.63, 3.8) is 0 Å². The lowest BCUT2D eigenvalue weighted by Crippen LogP contribution is -2.47. The van der Waals surface area contributed by atoms with Crippen LogP contribution < -0.4 is 0 Å². The number of rotatable bonds is 10. The summed E-state index contributed by atoms with van der Waals surface area (Å²) in [4.78, 5) is 41.0. The Labute approximate surface area is 203 Å². The molecule has 2 rings (SSSR count). The number of nitrogens with zero attached hydrogens (tertiary/aromatic N) is 4. The molecule has 0 amide bonds. The maximum absolute atomic E-state index is 11.4. The molecule has 1 atom stereocenters. The van der Waals surface area contributed by atoms with E-state index in [-0.39, 0.29) is 19.8 Å². The number of aryl methyl sites for hydroxylation is 1. The van der Waals surface area contributed by atoms with Gasteiger partial charge in [-0.15, -0.1) is 0 Å². The Morgan fingerprint density at radius 2 is 1.18 bits per heavy atom. The predicted octanol–water partition coefficient (Wildman–Crippen LogP) is 0.436. The molecule has 1 aromatic carbocycles. The van der Waals surface area contributed by atoms with E-state index in [2.05, 4.69) is 36.1 Å². The van der Waals surface area contributed by atoms with Crippen LogP contribution in [0, 0.1) is 0 Å². The lowest BCUT2D eigenvalue weighted by Gasteiger charge is -2.33. The first-order chi connectivity index (χ1) is 16.3. The highest BCUT2D eigenvalue weighted by atomic mass is 31.1. The summed E-state index contributed by atoms with van der Waals surface area (Å²) >= 11 is 0. The van der Waals surface area contributed by atoms with Gasteiger partial charge in [0.1, 0.15) is 0 Å². The summed E-state index contributed by atoms with van der Waals surface area (Å²) in [6, 6.07) is 8.30. The summed E-state index contributed by atoms with van der Waals surface area (Å²) in [5.74, 6) is -1.85. The molecule has 0 spiro atoms. The minimum Gasteiger partial charge on any atom is -0.480 e. The first kappa shape index (κ1) is 28.6. The topological polar surface area (TPSA) is 128 Å². The van der Waals surface area contributed by atoms with Gasteiger partial charge in [0.2, 0.25) is 0 Å². The number of aliphatic hydroxyl groups excluding tert-OH is 1. The van der Waals surface area contributed by atoms with Crippen molar-refractivity contribution in [3.8, 4) is 0 Å². The summed E-state index contributed by atoms with van der Waals surface area (Å²) in [7, 11) is -1.27. The Bertz CT molecular complexity index is 753. The molecule has 1 aliphatic rings. The molecule has 1 fully saturated rings. The molecule has 0 aliphatic carbocycles. The Kier molecular flexibility index (Phi) is 12.9. The van der Waals surface area contributed by atoms with Gasteiger partial charge in [-0.05, 0) is 17.5 Å². The van der Waals surface area contributed by atoms with E-state index in [1.807, 2.05) is 9.80 Å². The molecular formula is C23H39N4O6P. The van der Waals surface area contributed by atoms with Crippen molar-refractivity contribution >= 4 is 20.1 Å². The molecule has 1 aliphatic heterocycles. The first-order valence-corrected chi connectivity index (χ1v) is 13.4. The third kappa shape index (κ3) is 11.2. The molecule has 1 saturated heterocycles. The van der Waals surface area contributed by atoms with Gasteiger partial charge < -0.3 is 20.2 Å². The highest BCUT2D eigenvalue weighted by Crippen LogP contribution is 2.35. The van der Waals surface area contributed by atoms with Crippen molar-refractivity contribution in [2.45, 2.75) is 19.5 Å². The Morgan fingerprint density at radius 1 is 0.765 bits per heavy atom. The van der Waals surface area contributed by atoms with E-state index in [1.165, 1.54) is 5.56 Å². The van der Waals surface area contributed by atoms with Crippen LogP contribution in [0.25, 0.3) is 0 Å². The summed E-state index contributed by atoms with van der Waals surface area (Å²) < 4.78 is 0. The zero-order valence-corrected chi connectivity index (χ0v) is 20.9. The quantitative estimate of drug-likeness (QED) is 0.337. The number of carboxylic acids is 2. The number of carboxylic acid groups (broad SMARTS) is 2. The van der Waals surface area contributed by atoms with Crippen LogP contribution in [-0.2, 0) is 22.2 Å². The van der Waals surface area contributed by atoms with Crippen LogP contribution >= 0.6 is 8.15 Å². The second-order valence-corrected chi connectivity index (χ2v) is 10.3. The molecule has 11 heteroatoms. The van der Waals surface area contributed by atoms with Crippen molar-refractivity contribution < 1.29 is 29.8 Å². The predicted molar refractivity (Wildman–Crippen MR) is 132 cm³/mol. The zero-order valence-electron chi connectivity index (χ0n) is 20.1. The number of hydrogen-bond donors (Lipinski definition) is 4. The minimum atomic E-state index is -1.27. The highest BCUT2D eigenvalue weighted by Gasteiger charge is 2.20. The van der Waals surface area contributed by atoms with Gasteiger partial charge in [0.25, 0.3) is 0 Å². The SMILES string of the molecule is CCc1ccc(CP(O)CN2CCN(CO)CCN(CC(=O)O)CCN(CC(=O)O)CC2)cc1. The van der Waals surface area contributed by atoms with E-state index in [0.717, 1.165) is 12.0 Å². The fraction of sp³-hybridized carbons (Fsp3) is 0.652. The van der Waals surface area contributed by atoms with Crippen molar-refractivity contribution in [1.82, 2.24) is 19.6 Å². The maximum atomic E-state index is 11.4. The molecule has 34 heavy (non-hydrogen) atoms. The van der Waals surface area contributed by atoms with Crippen LogP contribution in [0.15, 0.2) is 24.3 Å². The molecule has 0 radical (unpaired) electrons. The van der Waals surface area contributed by atoms with Gasteiger partial charge in [-0.3, -0.25) is 29.2 Å². The Morgan fingerprint density at radius 3 is 1.59 bits per heavy atom. The monoisotopic (exact) mass is 498 g/mol. The number of aliphatic carboxylic acids is 2. The normalized spacial score (nSPS) is 19.3. The molecule has 192 valence electrons. The summed E-state index contributed by atoms with van der Waals surface area (Å²) in [6.07, 6.45) is 2.09. The number of aliphatic hydroxyl groups is 1. The van der Waals surface area contributed by atoms with Crippen molar-refractivity contribution in [2.24, 2.45) is 0 Å². The van der Waals surface area contributed by atoms with Gasteiger partial charge in [0, 0.05) is 73.0 Å². The maximum Gasteiger partial charge on any atom is 0.317 e. The molecular weight excluding hydrogens is 459 g/mol. The van der Waals surface area contributed by atoms with Crippen LogP contribution in [0.2, 0.25) is 0 Å². The molecule has 0 aromatic heterocycles. The first-order valence-electron chi connectivity index (χ1n) is 11.7. The van der Waals surface area contributed by atoms with Crippen molar-refractivity contribution in [1.29, 1.82) is 0 Å². The second-order valence-electron chi connectivity index (χ2n) is 8.69. The summed E-state index contributed by atoms with van der Waals surface area (Å²) in [6.45, 7) is 5.86. The average Bonchev–Trinajstić information content (AvgIpc) is 2.79. The molecule has 1 heterocycles. The van der Waals surface area contributed by atoms with E-state index >= 15 is 0 Å². The van der Waals surface area contributed by atoms with Gasteiger partial charge >= 0.3 is 11.9 Å². The third-order valence-electron chi connectivity index (χ3n) is 6.01. The smallest absolute Gasteiger partial charge is 0.317 e. The highest BCUT2D eigenvalue weighted by molar-refractivity contribution is 7.50. The fourth-order valence-corrected chi connectivity index (χ4v) is 5.41. The van der Waals surface area contributed by atoms with E-state index in [9.17, 15) is 29.8 Å².